The number of aliphatic carboxylic acids is 1. The van der Waals surface area contributed by atoms with Gasteiger partial charge in [-0.2, -0.15) is 46.7 Å². The molecule has 2 heterocycles. The van der Waals surface area contributed by atoms with Crippen LogP contribution >= 0.6 is 0 Å². The first kappa shape index (κ1) is 63.4. The fraction of sp³-hybridized carbons (Fsp3) is 0.480. The lowest BCUT2D eigenvalue weighted by Crippen LogP contribution is -2.34. The molecule has 2 atom stereocenters. The van der Waals surface area contributed by atoms with E-state index in [9.17, 15) is 74.8 Å². The number of unbranched alkanes of at least 4 members (excludes halogenated alkanes) is 2. The molecular formula is C50H65N2O22S5+. The normalized spacial score (nSPS) is 18.7. The highest BCUT2D eigenvalue weighted by Gasteiger charge is 2.50. The Hall–Kier alpha value is -4.83. The summed E-state index contributed by atoms with van der Waals surface area (Å²) in [5, 5.41) is 9.12. The molecule has 0 saturated heterocycles. The van der Waals surface area contributed by atoms with Gasteiger partial charge in [-0.25, -0.2) is 0 Å². The monoisotopic (exact) mass is 1210 g/mol. The smallest absolute Gasteiger partial charge is 0.303 e. The topological polar surface area (TPSA) is 362 Å². The second-order valence-corrected chi connectivity index (χ2v) is 26.5. The summed E-state index contributed by atoms with van der Waals surface area (Å²) >= 11 is 0. The van der Waals surface area contributed by atoms with Crippen molar-refractivity contribution in [2.75, 3.05) is 90.8 Å². The van der Waals surface area contributed by atoms with Gasteiger partial charge in [-0.05, 0) is 105 Å². The molecule has 2 unspecified atom stereocenters. The highest BCUT2D eigenvalue weighted by atomic mass is 32.2. The Kier molecular flexibility index (Phi) is 20.5. The molecule has 0 aliphatic carbocycles. The Morgan fingerprint density at radius 1 is 0.595 bits per heavy atom. The van der Waals surface area contributed by atoms with Crippen molar-refractivity contribution in [3.8, 4) is 0 Å². The number of nitrogens with zero attached hydrogens (tertiary/aromatic N) is 2. The van der Waals surface area contributed by atoms with Crippen LogP contribution in [0.3, 0.4) is 0 Å². The summed E-state index contributed by atoms with van der Waals surface area (Å²) < 4.78 is 208. The second-order valence-electron chi connectivity index (χ2n) is 19.3. The number of carboxylic acids is 1. The maximum atomic E-state index is 12.9. The quantitative estimate of drug-likeness (QED) is 0.0203. The Morgan fingerprint density at radius 3 is 1.65 bits per heavy atom. The summed E-state index contributed by atoms with van der Waals surface area (Å²) in [6, 6.07) is 9.24. The summed E-state index contributed by atoms with van der Waals surface area (Å²) in [5.74, 6) is -1.75. The zero-order chi connectivity index (χ0) is 58.4. The van der Waals surface area contributed by atoms with E-state index in [-0.39, 0.29) is 105 Å². The number of carbonyl (C=O) groups is 1. The van der Waals surface area contributed by atoms with Crippen LogP contribution < -0.4 is 4.90 Å². The summed E-state index contributed by atoms with van der Waals surface area (Å²) in [6.07, 6.45) is 5.76. The zero-order valence-corrected chi connectivity index (χ0v) is 47.8. The van der Waals surface area contributed by atoms with Crippen LogP contribution in [0.4, 0.5) is 11.4 Å². The molecule has 2 aliphatic heterocycles. The minimum absolute atomic E-state index is 0.0285. The van der Waals surface area contributed by atoms with E-state index in [2.05, 4.69) is 0 Å². The number of rotatable bonds is 31. The van der Waals surface area contributed by atoms with Gasteiger partial charge >= 0.3 is 5.97 Å². The number of anilines is 1. The average Bonchev–Trinajstić information content (AvgIpc) is 3.99. The zero-order valence-electron chi connectivity index (χ0n) is 43.7. The minimum atomic E-state index is -5.18. The first-order chi connectivity index (χ1) is 36.9. The van der Waals surface area contributed by atoms with Gasteiger partial charge < -0.3 is 33.7 Å². The van der Waals surface area contributed by atoms with Crippen LogP contribution in [-0.4, -0.2) is 172 Å². The van der Waals surface area contributed by atoms with Gasteiger partial charge in [-0.1, -0.05) is 18.6 Å². The number of hydrogen-bond donors (Lipinski definition) is 6. The minimum Gasteiger partial charge on any atom is -0.481 e. The first-order valence-electron chi connectivity index (χ1n) is 24.7. The van der Waals surface area contributed by atoms with E-state index in [1.807, 2.05) is 9.48 Å². The van der Waals surface area contributed by atoms with Gasteiger partial charge in [0.15, 0.2) is 12.3 Å². The predicted octanol–water partition coefficient (Wildman–Crippen LogP) is 5.60. The maximum Gasteiger partial charge on any atom is 0.303 e. The van der Waals surface area contributed by atoms with Crippen LogP contribution in [0.25, 0.3) is 21.5 Å². The highest BCUT2D eigenvalue weighted by Crippen LogP contribution is 2.55. The van der Waals surface area contributed by atoms with Crippen LogP contribution in [0.1, 0.15) is 69.9 Å². The third kappa shape index (κ3) is 15.0. The average molecular weight is 1210 g/mol. The van der Waals surface area contributed by atoms with Gasteiger partial charge in [0.25, 0.3) is 50.6 Å². The van der Waals surface area contributed by atoms with Gasteiger partial charge in [-0.3, -0.25) is 27.6 Å². The van der Waals surface area contributed by atoms with Gasteiger partial charge in [0.05, 0.1) is 60.6 Å². The lowest BCUT2D eigenvalue weighted by molar-refractivity contribution is -0.441. The van der Waals surface area contributed by atoms with E-state index >= 15 is 0 Å². The largest absolute Gasteiger partial charge is 0.481 e. The summed E-state index contributed by atoms with van der Waals surface area (Å²) in [4.78, 5) is 9.92. The van der Waals surface area contributed by atoms with E-state index < -0.39 is 92.7 Å². The number of benzene rings is 4. The van der Waals surface area contributed by atoms with Gasteiger partial charge in [0, 0.05) is 79.1 Å². The molecule has 4 aromatic carbocycles. The van der Waals surface area contributed by atoms with Crippen molar-refractivity contribution >= 4 is 95.2 Å². The summed E-state index contributed by atoms with van der Waals surface area (Å²) in [5.41, 5.74) is -0.293. The van der Waals surface area contributed by atoms with E-state index in [0.717, 1.165) is 12.1 Å². The van der Waals surface area contributed by atoms with E-state index in [0.29, 0.717) is 73.1 Å². The molecule has 6 rings (SSSR count). The number of fused-ring (bicyclic) bond motifs is 6. The number of hydrogen-bond acceptors (Lipinski definition) is 17. The van der Waals surface area contributed by atoms with Crippen molar-refractivity contribution in [3.05, 3.63) is 83.6 Å². The van der Waals surface area contributed by atoms with E-state index in [1.54, 1.807) is 45.3 Å². The van der Waals surface area contributed by atoms with Gasteiger partial charge in [0.2, 0.25) is 5.69 Å². The SMILES string of the molecule is COCCOCCOCCOCCC1(C)C(/C=C/C=C2/N(CCCCCC(=O)O)c3ccc4c(S(=O)(=O)O)cc(S(=O)(=O)O)cc4c3C2(C)CCCS(=O)(=O)O)=[N+](CCOC)c2ccc3c(S(=O)(=O)O)cc(S(=O)(=O)O)cc3c21. The van der Waals surface area contributed by atoms with E-state index in [1.165, 1.54) is 25.3 Å². The van der Waals surface area contributed by atoms with Crippen LogP contribution in [0.2, 0.25) is 0 Å². The first-order valence-corrected chi connectivity index (χ1v) is 32.1. The van der Waals surface area contributed by atoms with Crippen molar-refractivity contribution in [2.45, 2.75) is 89.2 Å². The molecule has 0 spiro atoms. The molecule has 79 heavy (non-hydrogen) atoms. The molecule has 4 aromatic rings. The molecule has 6 N–H and O–H groups in total. The number of carboxylic acid groups (broad SMARTS) is 1. The Balaban J connectivity index is 1.59. The molecule has 436 valence electrons. The maximum absolute atomic E-state index is 12.9. The number of ether oxygens (including phenoxy) is 5. The molecule has 24 nitrogen and oxygen atoms in total. The molecule has 0 radical (unpaired) electrons. The fourth-order valence-electron chi connectivity index (χ4n) is 10.4. The molecule has 0 fully saturated rings. The molecule has 0 saturated carbocycles. The third-order valence-corrected chi connectivity index (χ3v) is 18.2. The molecule has 2 aliphatic rings. The van der Waals surface area contributed by atoms with Crippen molar-refractivity contribution in [1.82, 2.24) is 0 Å². The van der Waals surface area contributed by atoms with Crippen molar-refractivity contribution in [2.24, 2.45) is 0 Å². The van der Waals surface area contributed by atoms with Crippen molar-refractivity contribution in [1.29, 1.82) is 0 Å². The molecule has 0 aromatic heterocycles. The highest BCUT2D eigenvalue weighted by molar-refractivity contribution is 7.87. The van der Waals surface area contributed by atoms with E-state index in [4.69, 9.17) is 23.7 Å². The van der Waals surface area contributed by atoms with Gasteiger partial charge in [-0.15, -0.1) is 0 Å². The van der Waals surface area contributed by atoms with Crippen LogP contribution in [0.5, 0.6) is 0 Å². The Labute approximate surface area is 459 Å². The second kappa shape index (κ2) is 25.5. The lowest BCUT2D eigenvalue weighted by Gasteiger charge is -2.31. The Morgan fingerprint density at radius 2 is 1.13 bits per heavy atom. The number of methoxy groups -OCH3 is 2. The molecule has 29 heteroatoms. The van der Waals surface area contributed by atoms with Crippen LogP contribution in [0.15, 0.2) is 92.0 Å². The fourth-order valence-corrected chi connectivity index (χ4v) is 13.6. The standard InChI is InChI=1S/C50H64N2O22S5/c1-49(17-9-29-75(55,56)57)44(51(19-7-5-6-12-46(53)54)40-15-13-36-38(47(40)49)30-34(76(58,59)60)32-42(36)78(64,65)66)10-8-11-45-50(2,18-21-72-25-26-74-28-27-73-24-23-71-4)48-39-31-35(77(61,62)63)33-43(79(67,68)69)37(39)14-16-41(48)52(45)20-22-70-3/h8,10-11,13-16,30-33H,5-7,9,12,17-29H2,1-4H3,(H5-,53,54,55,56,57,58,59,60,61,62,63,64,65,66,67,68,69)/p+1. The van der Waals surface area contributed by atoms with Crippen molar-refractivity contribution in [3.63, 3.8) is 0 Å². The predicted molar refractivity (Wildman–Crippen MR) is 289 cm³/mol. The third-order valence-electron chi connectivity index (χ3n) is 13.9. The van der Waals surface area contributed by atoms with Crippen LogP contribution in [-0.2, 0) is 89.9 Å². The Bertz CT molecular complexity index is 3640. The lowest BCUT2D eigenvalue weighted by atomic mass is 9.74. The summed E-state index contributed by atoms with van der Waals surface area (Å²) in [6.45, 7) is 5.59. The molecular weight excluding hydrogens is 1140 g/mol. The molecule has 0 amide bonds. The summed E-state index contributed by atoms with van der Waals surface area (Å²) in [7, 11) is -22.1. The van der Waals surface area contributed by atoms with Crippen molar-refractivity contribution < 1.29 is 103 Å². The van der Waals surface area contributed by atoms with Gasteiger partial charge in [0.1, 0.15) is 16.4 Å². The number of allylic oxidation sites excluding steroid dienone is 4. The molecule has 0 bridgehead atoms. The van der Waals surface area contributed by atoms with Crippen LogP contribution in [0, 0.1) is 0 Å².